The number of benzene rings is 2. The van der Waals surface area contributed by atoms with Gasteiger partial charge in [0.1, 0.15) is 11.6 Å². The SMILES string of the molecule is CCC(CO)C(c1cccc(F)c1)c1cccc(F)c1. The lowest BCUT2D eigenvalue weighted by Crippen LogP contribution is -2.18. The third kappa shape index (κ3) is 3.23. The first-order valence-electron chi connectivity index (χ1n) is 6.77. The minimum absolute atomic E-state index is 0.0196. The van der Waals surface area contributed by atoms with Crippen molar-refractivity contribution in [3.05, 3.63) is 71.3 Å². The van der Waals surface area contributed by atoms with Gasteiger partial charge in [-0.05, 0) is 41.3 Å². The molecular formula is C17H18F2O. The van der Waals surface area contributed by atoms with Gasteiger partial charge in [-0.2, -0.15) is 0 Å². The van der Waals surface area contributed by atoms with Crippen LogP contribution in [0.2, 0.25) is 0 Å². The third-order valence-electron chi connectivity index (χ3n) is 3.65. The molecule has 0 spiro atoms. The number of rotatable bonds is 5. The van der Waals surface area contributed by atoms with E-state index in [1.54, 1.807) is 12.1 Å². The molecule has 0 saturated heterocycles. The van der Waals surface area contributed by atoms with E-state index in [0.29, 0.717) is 0 Å². The van der Waals surface area contributed by atoms with Gasteiger partial charge in [-0.15, -0.1) is 0 Å². The zero-order valence-corrected chi connectivity index (χ0v) is 11.4. The van der Waals surface area contributed by atoms with E-state index in [2.05, 4.69) is 0 Å². The first-order valence-corrected chi connectivity index (χ1v) is 6.77. The van der Waals surface area contributed by atoms with Crippen molar-refractivity contribution in [2.24, 2.45) is 5.92 Å². The summed E-state index contributed by atoms with van der Waals surface area (Å²) in [5.74, 6) is -0.927. The summed E-state index contributed by atoms with van der Waals surface area (Å²) >= 11 is 0. The van der Waals surface area contributed by atoms with E-state index in [4.69, 9.17) is 0 Å². The Bertz CT molecular complexity index is 519. The van der Waals surface area contributed by atoms with Crippen molar-refractivity contribution in [2.45, 2.75) is 19.3 Å². The molecule has 0 saturated carbocycles. The van der Waals surface area contributed by atoms with Crippen molar-refractivity contribution in [3.8, 4) is 0 Å². The van der Waals surface area contributed by atoms with Crippen LogP contribution in [0.3, 0.4) is 0 Å². The van der Waals surface area contributed by atoms with Crippen LogP contribution in [0.15, 0.2) is 48.5 Å². The summed E-state index contributed by atoms with van der Waals surface area (Å²) in [7, 11) is 0. The summed E-state index contributed by atoms with van der Waals surface area (Å²) < 4.78 is 26.9. The summed E-state index contributed by atoms with van der Waals surface area (Å²) in [5.41, 5.74) is 1.52. The highest BCUT2D eigenvalue weighted by Gasteiger charge is 2.23. The molecule has 1 N–H and O–H groups in total. The van der Waals surface area contributed by atoms with Gasteiger partial charge in [0.15, 0.2) is 0 Å². The molecular weight excluding hydrogens is 258 g/mol. The molecule has 1 atom stereocenters. The Morgan fingerprint density at radius 1 is 0.950 bits per heavy atom. The van der Waals surface area contributed by atoms with Gasteiger partial charge in [0.05, 0.1) is 0 Å². The molecule has 20 heavy (non-hydrogen) atoms. The Balaban J connectivity index is 2.49. The van der Waals surface area contributed by atoms with Crippen molar-refractivity contribution >= 4 is 0 Å². The predicted octanol–water partition coefficient (Wildman–Crippen LogP) is 4.12. The summed E-state index contributed by atoms with van der Waals surface area (Å²) in [6.07, 6.45) is 0.730. The van der Waals surface area contributed by atoms with Gasteiger partial charge in [0.25, 0.3) is 0 Å². The van der Waals surface area contributed by atoms with E-state index in [1.165, 1.54) is 24.3 Å². The molecule has 3 heteroatoms. The standard InChI is InChI=1S/C17H18F2O/c1-2-12(11-20)17(13-5-3-7-15(18)9-13)14-6-4-8-16(19)10-14/h3-10,12,17,20H,2,11H2,1H3. The minimum atomic E-state index is -0.323. The third-order valence-corrected chi connectivity index (χ3v) is 3.65. The van der Waals surface area contributed by atoms with Crippen molar-refractivity contribution < 1.29 is 13.9 Å². The van der Waals surface area contributed by atoms with E-state index >= 15 is 0 Å². The maximum atomic E-state index is 13.5. The van der Waals surface area contributed by atoms with E-state index in [1.807, 2.05) is 19.1 Å². The normalized spacial score (nSPS) is 12.7. The fourth-order valence-corrected chi connectivity index (χ4v) is 2.61. The van der Waals surface area contributed by atoms with Crippen LogP contribution in [0.4, 0.5) is 8.78 Å². The first kappa shape index (κ1) is 14.7. The molecule has 0 bridgehead atoms. The van der Waals surface area contributed by atoms with Crippen LogP contribution >= 0.6 is 0 Å². The molecule has 0 aliphatic rings. The van der Waals surface area contributed by atoms with Gasteiger partial charge in [0, 0.05) is 12.5 Å². The summed E-state index contributed by atoms with van der Waals surface area (Å²) in [4.78, 5) is 0. The highest BCUT2D eigenvalue weighted by atomic mass is 19.1. The summed E-state index contributed by atoms with van der Waals surface area (Å²) in [6, 6.07) is 12.6. The number of hydrogen-bond donors (Lipinski definition) is 1. The smallest absolute Gasteiger partial charge is 0.123 e. The van der Waals surface area contributed by atoms with Gasteiger partial charge < -0.3 is 5.11 Å². The van der Waals surface area contributed by atoms with E-state index < -0.39 is 0 Å². The largest absolute Gasteiger partial charge is 0.396 e. The first-order chi connectivity index (χ1) is 9.65. The molecule has 0 heterocycles. The second kappa shape index (κ2) is 6.62. The molecule has 106 valence electrons. The van der Waals surface area contributed by atoms with Gasteiger partial charge in [-0.25, -0.2) is 8.78 Å². The van der Waals surface area contributed by atoms with Crippen LogP contribution in [0.25, 0.3) is 0 Å². The molecule has 0 radical (unpaired) electrons. The van der Waals surface area contributed by atoms with Gasteiger partial charge in [0.2, 0.25) is 0 Å². The molecule has 1 unspecified atom stereocenters. The van der Waals surface area contributed by atoms with Crippen molar-refractivity contribution in [1.82, 2.24) is 0 Å². The number of halogens is 2. The Hall–Kier alpha value is -1.74. The van der Waals surface area contributed by atoms with Gasteiger partial charge >= 0.3 is 0 Å². The minimum Gasteiger partial charge on any atom is -0.396 e. The van der Waals surface area contributed by atoms with E-state index in [0.717, 1.165) is 17.5 Å². The Morgan fingerprint density at radius 3 is 1.80 bits per heavy atom. The lowest BCUT2D eigenvalue weighted by atomic mass is 9.80. The highest BCUT2D eigenvalue weighted by molar-refractivity contribution is 5.34. The number of aliphatic hydroxyl groups is 1. The Labute approximate surface area is 117 Å². The van der Waals surface area contributed by atoms with E-state index in [9.17, 15) is 13.9 Å². The average Bonchev–Trinajstić information content (AvgIpc) is 2.44. The molecule has 0 aliphatic heterocycles. The molecule has 2 aromatic rings. The molecule has 0 aromatic heterocycles. The van der Waals surface area contributed by atoms with Crippen molar-refractivity contribution in [3.63, 3.8) is 0 Å². The Morgan fingerprint density at radius 2 is 1.45 bits per heavy atom. The van der Waals surface area contributed by atoms with Crippen LogP contribution in [-0.4, -0.2) is 11.7 Å². The maximum Gasteiger partial charge on any atom is 0.123 e. The fraction of sp³-hybridized carbons (Fsp3) is 0.294. The lowest BCUT2D eigenvalue weighted by molar-refractivity contribution is 0.209. The average molecular weight is 276 g/mol. The van der Waals surface area contributed by atoms with E-state index in [-0.39, 0.29) is 30.1 Å². The summed E-state index contributed by atoms with van der Waals surface area (Å²) in [5, 5.41) is 9.57. The molecule has 2 aromatic carbocycles. The zero-order valence-electron chi connectivity index (χ0n) is 11.4. The molecule has 2 rings (SSSR count). The second-order valence-electron chi connectivity index (χ2n) is 4.94. The van der Waals surface area contributed by atoms with Crippen molar-refractivity contribution in [2.75, 3.05) is 6.61 Å². The molecule has 0 fully saturated rings. The lowest BCUT2D eigenvalue weighted by Gasteiger charge is -2.26. The molecule has 0 amide bonds. The predicted molar refractivity (Wildman–Crippen MR) is 75.5 cm³/mol. The van der Waals surface area contributed by atoms with Crippen LogP contribution in [0, 0.1) is 17.6 Å². The Kier molecular flexibility index (Phi) is 4.85. The van der Waals surface area contributed by atoms with Crippen molar-refractivity contribution in [1.29, 1.82) is 0 Å². The van der Waals surface area contributed by atoms with Crippen LogP contribution in [0.5, 0.6) is 0 Å². The number of hydrogen-bond acceptors (Lipinski definition) is 1. The zero-order chi connectivity index (χ0) is 14.5. The second-order valence-corrected chi connectivity index (χ2v) is 4.94. The molecule has 0 aliphatic carbocycles. The van der Waals surface area contributed by atoms with Crippen LogP contribution in [0.1, 0.15) is 30.4 Å². The molecule has 1 nitrogen and oxygen atoms in total. The fourth-order valence-electron chi connectivity index (χ4n) is 2.61. The topological polar surface area (TPSA) is 20.2 Å². The summed E-state index contributed by atoms with van der Waals surface area (Å²) in [6.45, 7) is 1.95. The van der Waals surface area contributed by atoms with Gasteiger partial charge in [-0.3, -0.25) is 0 Å². The monoisotopic (exact) mass is 276 g/mol. The quantitative estimate of drug-likeness (QED) is 0.871. The number of aliphatic hydroxyl groups excluding tert-OH is 1. The van der Waals surface area contributed by atoms with Gasteiger partial charge in [-0.1, -0.05) is 37.6 Å². The van der Waals surface area contributed by atoms with Crippen LogP contribution < -0.4 is 0 Å². The van der Waals surface area contributed by atoms with Crippen LogP contribution in [-0.2, 0) is 0 Å². The highest BCUT2D eigenvalue weighted by Crippen LogP contribution is 2.34. The maximum absolute atomic E-state index is 13.5.